The summed E-state index contributed by atoms with van der Waals surface area (Å²) in [6.45, 7) is 3.64. The molecule has 3 rings (SSSR count). The quantitative estimate of drug-likeness (QED) is 0.922. The minimum absolute atomic E-state index is 0.0466. The van der Waals surface area contributed by atoms with Crippen molar-refractivity contribution < 1.29 is 18.3 Å². The summed E-state index contributed by atoms with van der Waals surface area (Å²) in [7, 11) is 0. The smallest absolute Gasteiger partial charge is 0.392 e. The van der Waals surface area contributed by atoms with Crippen LogP contribution in [0.5, 0.6) is 0 Å². The van der Waals surface area contributed by atoms with Crippen LogP contribution >= 0.6 is 0 Å². The van der Waals surface area contributed by atoms with Crippen molar-refractivity contribution in [3.63, 3.8) is 0 Å². The second kappa shape index (κ2) is 5.67. The van der Waals surface area contributed by atoms with Gasteiger partial charge in [-0.3, -0.25) is 0 Å². The van der Waals surface area contributed by atoms with Crippen molar-refractivity contribution in [2.24, 2.45) is 0 Å². The highest BCUT2D eigenvalue weighted by Crippen LogP contribution is 2.37. The molecule has 0 radical (unpaired) electrons. The number of hydrogen-bond acceptors (Lipinski definition) is 2. The van der Waals surface area contributed by atoms with Crippen molar-refractivity contribution in [2.45, 2.75) is 51.9 Å². The number of aliphatic hydroxyl groups excluding tert-OH is 1. The Hall–Kier alpha value is -1.82. The van der Waals surface area contributed by atoms with Crippen LogP contribution in [0, 0.1) is 0 Å². The maximum Gasteiger partial charge on any atom is 0.434 e. The fourth-order valence-electron chi connectivity index (χ4n) is 3.26. The molecule has 6 heteroatoms. The van der Waals surface area contributed by atoms with Gasteiger partial charge in [0.05, 0.1) is 6.61 Å². The van der Waals surface area contributed by atoms with Crippen LogP contribution in [-0.4, -0.2) is 14.7 Å². The van der Waals surface area contributed by atoms with E-state index in [2.05, 4.69) is 4.98 Å². The fraction of sp³-hybridized carbons (Fsp3) is 0.471. The van der Waals surface area contributed by atoms with Gasteiger partial charge in [-0.1, -0.05) is 12.1 Å². The van der Waals surface area contributed by atoms with E-state index in [9.17, 15) is 18.3 Å². The molecule has 0 unspecified atom stereocenters. The molecule has 0 amide bonds. The summed E-state index contributed by atoms with van der Waals surface area (Å²) >= 11 is 0. The van der Waals surface area contributed by atoms with E-state index < -0.39 is 11.9 Å². The maximum atomic E-state index is 13.0. The van der Waals surface area contributed by atoms with Gasteiger partial charge in [-0.25, -0.2) is 4.98 Å². The van der Waals surface area contributed by atoms with Crippen LogP contribution in [0.4, 0.5) is 13.2 Å². The molecular weight excluding hydrogens is 305 g/mol. The summed E-state index contributed by atoms with van der Waals surface area (Å²) < 4.78 is 40.7. The van der Waals surface area contributed by atoms with Crippen LogP contribution in [0.2, 0.25) is 0 Å². The summed E-state index contributed by atoms with van der Waals surface area (Å²) in [4.78, 5) is 3.88. The molecule has 1 aromatic heterocycles. The van der Waals surface area contributed by atoms with Gasteiger partial charge in [0, 0.05) is 17.8 Å². The minimum atomic E-state index is -4.46. The fourth-order valence-corrected chi connectivity index (χ4v) is 3.26. The van der Waals surface area contributed by atoms with E-state index in [4.69, 9.17) is 0 Å². The number of benzene rings is 1. The zero-order chi connectivity index (χ0) is 16.8. The molecule has 23 heavy (non-hydrogen) atoms. The van der Waals surface area contributed by atoms with Gasteiger partial charge in [0.25, 0.3) is 0 Å². The summed E-state index contributed by atoms with van der Waals surface area (Å²) in [5.74, 6) is 0.356. The van der Waals surface area contributed by atoms with Crippen molar-refractivity contribution in [1.82, 2.24) is 9.55 Å². The second-order valence-corrected chi connectivity index (χ2v) is 6.19. The maximum absolute atomic E-state index is 13.0. The van der Waals surface area contributed by atoms with E-state index in [0.717, 1.165) is 47.7 Å². The summed E-state index contributed by atoms with van der Waals surface area (Å²) in [5, 5.41) is 9.45. The van der Waals surface area contributed by atoms with E-state index in [1.165, 1.54) is 0 Å². The standard InChI is InChI=1S/C17H19F3N2O/c1-10(2)22-8-15(17(18,19)20)21-16(22)14-7-6-11(9-23)12-4-3-5-13(12)14/h6-8,10,23H,3-5,9H2,1-2H3. The molecule has 0 atom stereocenters. The van der Waals surface area contributed by atoms with Crippen molar-refractivity contribution >= 4 is 0 Å². The van der Waals surface area contributed by atoms with Gasteiger partial charge in [-0.05, 0) is 49.8 Å². The topological polar surface area (TPSA) is 38.0 Å². The number of rotatable bonds is 3. The predicted octanol–water partition coefficient (Wildman–Crippen LogP) is 4.13. The Morgan fingerprint density at radius 3 is 2.52 bits per heavy atom. The molecule has 1 heterocycles. The number of aliphatic hydroxyl groups is 1. The molecule has 0 spiro atoms. The predicted molar refractivity (Wildman–Crippen MR) is 81.0 cm³/mol. The van der Waals surface area contributed by atoms with Gasteiger partial charge in [-0.2, -0.15) is 13.2 Å². The van der Waals surface area contributed by atoms with Gasteiger partial charge < -0.3 is 9.67 Å². The van der Waals surface area contributed by atoms with E-state index in [0.29, 0.717) is 5.82 Å². The van der Waals surface area contributed by atoms with Crippen molar-refractivity contribution in [1.29, 1.82) is 0 Å². The molecule has 3 nitrogen and oxygen atoms in total. The summed E-state index contributed by atoms with van der Waals surface area (Å²) in [6, 6.07) is 3.46. The van der Waals surface area contributed by atoms with Crippen molar-refractivity contribution in [2.75, 3.05) is 0 Å². The third kappa shape index (κ3) is 2.76. The highest BCUT2D eigenvalue weighted by Gasteiger charge is 2.35. The van der Waals surface area contributed by atoms with Gasteiger partial charge in [0.15, 0.2) is 5.69 Å². The molecule has 1 aromatic carbocycles. The van der Waals surface area contributed by atoms with Gasteiger partial charge in [0.1, 0.15) is 5.82 Å². The Kier molecular flexibility index (Phi) is 3.96. The molecule has 0 aliphatic heterocycles. The molecule has 0 saturated carbocycles. The Morgan fingerprint density at radius 2 is 1.91 bits per heavy atom. The zero-order valence-electron chi connectivity index (χ0n) is 13.1. The number of alkyl halides is 3. The molecule has 0 fully saturated rings. The lowest BCUT2D eigenvalue weighted by Gasteiger charge is -2.15. The normalized spacial score (nSPS) is 14.6. The van der Waals surface area contributed by atoms with E-state index >= 15 is 0 Å². The average Bonchev–Trinajstić information content (AvgIpc) is 3.12. The highest BCUT2D eigenvalue weighted by molar-refractivity contribution is 5.66. The number of halogens is 3. The average molecular weight is 324 g/mol. The summed E-state index contributed by atoms with van der Waals surface area (Å²) in [5.41, 5.74) is 2.84. The second-order valence-electron chi connectivity index (χ2n) is 6.19. The molecule has 2 aromatic rings. The molecule has 1 aliphatic rings. The first-order chi connectivity index (χ1) is 10.8. The zero-order valence-corrected chi connectivity index (χ0v) is 13.1. The van der Waals surface area contributed by atoms with E-state index in [1.54, 1.807) is 16.7 Å². The van der Waals surface area contributed by atoms with Crippen molar-refractivity contribution in [3.8, 4) is 11.4 Å². The number of nitrogens with zero attached hydrogens (tertiary/aromatic N) is 2. The Balaban J connectivity index is 2.20. The lowest BCUT2D eigenvalue weighted by atomic mass is 9.98. The Morgan fingerprint density at radius 1 is 1.22 bits per heavy atom. The first-order valence-electron chi connectivity index (χ1n) is 7.74. The first-order valence-corrected chi connectivity index (χ1v) is 7.74. The van der Waals surface area contributed by atoms with Crippen LogP contribution < -0.4 is 0 Å². The molecule has 0 bridgehead atoms. The number of aromatic nitrogens is 2. The Bertz CT molecular complexity index is 732. The van der Waals surface area contributed by atoms with Gasteiger partial charge in [-0.15, -0.1) is 0 Å². The van der Waals surface area contributed by atoms with Crippen LogP contribution in [0.1, 0.15) is 48.7 Å². The van der Waals surface area contributed by atoms with Crippen molar-refractivity contribution in [3.05, 3.63) is 40.7 Å². The third-order valence-corrected chi connectivity index (χ3v) is 4.37. The summed E-state index contributed by atoms with van der Waals surface area (Å²) in [6.07, 6.45) is -0.753. The van der Waals surface area contributed by atoms with Crippen LogP contribution in [0.15, 0.2) is 18.3 Å². The lowest BCUT2D eigenvalue weighted by Crippen LogP contribution is -2.05. The number of fused-ring (bicyclic) bond motifs is 1. The third-order valence-electron chi connectivity index (χ3n) is 4.37. The molecular formula is C17H19F3N2O. The van der Waals surface area contributed by atoms with Gasteiger partial charge >= 0.3 is 6.18 Å². The Labute approximate surface area is 132 Å². The SMILES string of the molecule is CC(C)n1cc(C(F)(F)F)nc1-c1ccc(CO)c2c1CCC2. The highest BCUT2D eigenvalue weighted by atomic mass is 19.4. The molecule has 0 saturated heterocycles. The molecule has 1 aliphatic carbocycles. The lowest BCUT2D eigenvalue weighted by molar-refractivity contribution is -0.140. The molecule has 124 valence electrons. The first kappa shape index (κ1) is 16.1. The minimum Gasteiger partial charge on any atom is -0.392 e. The van der Waals surface area contributed by atoms with Gasteiger partial charge in [0.2, 0.25) is 0 Å². The van der Waals surface area contributed by atoms with E-state index in [1.807, 2.05) is 13.8 Å². The van der Waals surface area contributed by atoms with Crippen LogP contribution in [0.25, 0.3) is 11.4 Å². The largest absolute Gasteiger partial charge is 0.434 e. The van der Waals surface area contributed by atoms with Crippen LogP contribution in [-0.2, 0) is 25.6 Å². The van der Waals surface area contributed by atoms with Crippen LogP contribution in [0.3, 0.4) is 0 Å². The number of hydrogen-bond donors (Lipinski definition) is 1. The number of imidazole rings is 1. The molecule has 1 N–H and O–H groups in total. The monoisotopic (exact) mass is 324 g/mol. The van der Waals surface area contributed by atoms with E-state index in [-0.39, 0.29) is 12.6 Å².